The van der Waals surface area contributed by atoms with Crippen LogP contribution in [-0.4, -0.2) is 45.3 Å². The van der Waals surface area contributed by atoms with Gasteiger partial charge in [0.15, 0.2) is 11.6 Å². The molecule has 0 radical (unpaired) electrons. The molecule has 45 heavy (non-hydrogen) atoms. The molecular formula is C31H26F4N6O4. The summed E-state index contributed by atoms with van der Waals surface area (Å²) >= 11 is 0. The molecular weight excluding hydrogens is 596 g/mol. The molecule has 1 atom stereocenters. The van der Waals surface area contributed by atoms with Gasteiger partial charge in [-0.1, -0.05) is 0 Å². The number of amides is 4. The van der Waals surface area contributed by atoms with Crippen LogP contribution in [0.5, 0.6) is 11.5 Å². The van der Waals surface area contributed by atoms with E-state index in [2.05, 4.69) is 20.6 Å². The fourth-order valence-electron chi connectivity index (χ4n) is 4.49. The number of halogens is 4. The first kappa shape index (κ1) is 30.9. The third kappa shape index (κ3) is 7.00. The topological polar surface area (TPSA) is 117 Å². The summed E-state index contributed by atoms with van der Waals surface area (Å²) in [6.45, 7) is 3.25. The van der Waals surface area contributed by atoms with Crippen molar-refractivity contribution in [2.24, 2.45) is 5.92 Å². The minimum absolute atomic E-state index is 0.0365. The Labute approximate surface area is 254 Å². The number of aromatic nitrogens is 2. The van der Waals surface area contributed by atoms with E-state index in [0.717, 1.165) is 29.3 Å². The van der Waals surface area contributed by atoms with E-state index in [0.29, 0.717) is 0 Å². The van der Waals surface area contributed by atoms with E-state index in [-0.39, 0.29) is 52.7 Å². The van der Waals surface area contributed by atoms with Gasteiger partial charge < -0.3 is 20.3 Å². The summed E-state index contributed by atoms with van der Waals surface area (Å²) in [4.78, 5) is 49.8. The predicted octanol–water partition coefficient (Wildman–Crippen LogP) is 6.66. The zero-order valence-electron chi connectivity index (χ0n) is 23.9. The molecule has 232 valence electrons. The summed E-state index contributed by atoms with van der Waals surface area (Å²) < 4.78 is 59.7. The van der Waals surface area contributed by atoms with Crippen LogP contribution in [0.25, 0.3) is 0 Å². The summed E-state index contributed by atoms with van der Waals surface area (Å²) in [7, 11) is 0. The van der Waals surface area contributed by atoms with Crippen LogP contribution in [0, 0.1) is 17.6 Å². The van der Waals surface area contributed by atoms with Gasteiger partial charge in [0, 0.05) is 48.4 Å². The Morgan fingerprint density at radius 3 is 2.36 bits per heavy atom. The Morgan fingerprint density at radius 2 is 1.71 bits per heavy atom. The third-order valence-electron chi connectivity index (χ3n) is 6.81. The van der Waals surface area contributed by atoms with Gasteiger partial charge in [-0.15, -0.1) is 0 Å². The minimum atomic E-state index is -2.65. The number of anilines is 4. The Hall–Kier alpha value is -5.53. The molecule has 0 aliphatic carbocycles. The van der Waals surface area contributed by atoms with Crippen molar-refractivity contribution >= 4 is 40.9 Å². The number of hydrogen-bond acceptors (Lipinski definition) is 7. The molecule has 1 unspecified atom stereocenters. The van der Waals surface area contributed by atoms with Crippen molar-refractivity contribution < 1.29 is 36.7 Å². The van der Waals surface area contributed by atoms with E-state index in [4.69, 9.17) is 4.74 Å². The van der Waals surface area contributed by atoms with Crippen molar-refractivity contribution in [2.45, 2.75) is 26.3 Å². The normalized spacial score (nSPS) is 15.1. The highest BCUT2D eigenvalue weighted by Crippen LogP contribution is 2.30. The van der Waals surface area contributed by atoms with E-state index >= 15 is 4.39 Å². The largest absolute Gasteiger partial charge is 0.454 e. The maximum atomic E-state index is 15.1. The number of hydrogen-bond donors (Lipinski definition) is 2. The fraction of sp³-hybridized carbons (Fsp3) is 0.194. The van der Waals surface area contributed by atoms with Crippen molar-refractivity contribution in [1.29, 1.82) is 0 Å². The van der Waals surface area contributed by atoms with Crippen LogP contribution >= 0.6 is 0 Å². The number of ether oxygens (including phenoxy) is 1. The average Bonchev–Trinajstić information content (AvgIpc) is 3.00. The summed E-state index contributed by atoms with van der Waals surface area (Å²) in [5, 5.41) is 5.37. The molecule has 1 aliphatic heterocycles. The highest BCUT2D eigenvalue weighted by Gasteiger charge is 2.44. The van der Waals surface area contributed by atoms with Gasteiger partial charge in [0.1, 0.15) is 29.1 Å². The van der Waals surface area contributed by atoms with Crippen molar-refractivity contribution in [1.82, 2.24) is 14.9 Å². The van der Waals surface area contributed by atoms with E-state index in [1.807, 2.05) is 0 Å². The van der Waals surface area contributed by atoms with Gasteiger partial charge in [0.25, 0.3) is 6.43 Å². The summed E-state index contributed by atoms with van der Waals surface area (Å²) in [5.74, 6) is -3.75. The molecule has 10 nitrogen and oxygen atoms in total. The number of nitrogens with zero attached hydrogens (tertiary/aromatic N) is 4. The van der Waals surface area contributed by atoms with E-state index in [9.17, 15) is 27.6 Å². The van der Waals surface area contributed by atoms with Crippen molar-refractivity contribution in [3.63, 3.8) is 0 Å². The molecule has 0 bridgehead atoms. The SMILES string of the molecule is CC(C)N1CC(C(=O)Nc2ccc(Oc3ccnc(Nc4ccc(C(F)F)cn4)c3)c(F)c2)C(=O)N(c2ccc(F)cc2)C1=O. The average molecular weight is 623 g/mol. The Bertz CT molecular complexity index is 1720. The number of nitrogens with one attached hydrogen (secondary N) is 2. The smallest absolute Gasteiger partial charge is 0.331 e. The number of pyridine rings is 2. The predicted molar refractivity (Wildman–Crippen MR) is 156 cm³/mol. The Kier molecular flexibility index (Phi) is 8.93. The van der Waals surface area contributed by atoms with E-state index in [1.54, 1.807) is 13.8 Å². The third-order valence-corrected chi connectivity index (χ3v) is 6.81. The molecule has 2 aromatic carbocycles. The zero-order valence-corrected chi connectivity index (χ0v) is 23.9. The summed E-state index contributed by atoms with van der Waals surface area (Å²) in [5.41, 5.74) is -0.0856. The molecule has 5 rings (SSSR count). The number of urea groups is 1. The van der Waals surface area contributed by atoms with Gasteiger partial charge in [-0.25, -0.2) is 37.2 Å². The second-order valence-corrected chi connectivity index (χ2v) is 10.2. The van der Waals surface area contributed by atoms with Gasteiger partial charge >= 0.3 is 6.03 Å². The van der Waals surface area contributed by atoms with Crippen LogP contribution in [0.4, 0.5) is 45.4 Å². The zero-order chi connectivity index (χ0) is 32.2. The highest BCUT2D eigenvalue weighted by atomic mass is 19.3. The van der Waals surface area contributed by atoms with Crippen LogP contribution in [0.3, 0.4) is 0 Å². The van der Waals surface area contributed by atoms with Crippen LogP contribution < -0.4 is 20.3 Å². The first-order chi connectivity index (χ1) is 21.5. The first-order valence-corrected chi connectivity index (χ1v) is 13.7. The lowest BCUT2D eigenvalue weighted by atomic mass is 10.0. The van der Waals surface area contributed by atoms with Crippen LogP contribution in [0.2, 0.25) is 0 Å². The molecule has 1 fully saturated rings. The lowest BCUT2D eigenvalue weighted by Gasteiger charge is -2.39. The van der Waals surface area contributed by atoms with Crippen LogP contribution in [0.1, 0.15) is 25.8 Å². The van der Waals surface area contributed by atoms with Crippen LogP contribution in [-0.2, 0) is 9.59 Å². The standard InChI is InChI=1S/C31H26F4N6O4/c1-17(2)40-16-23(30(43)41(31(40)44)21-7-4-19(32)5-8-21)29(42)38-20-6-9-25(24(33)13-20)45-22-11-12-36-27(14-22)39-26-10-3-18(15-37-26)28(34)35/h3-15,17,23,28H,16H2,1-2H3,(H,38,42)(H,36,37,39). The van der Waals surface area contributed by atoms with Crippen molar-refractivity contribution in [2.75, 3.05) is 22.1 Å². The lowest BCUT2D eigenvalue weighted by Crippen LogP contribution is -2.61. The number of carbonyl (C=O) groups excluding carboxylic acids is 3. The molecule has 2 N–H and O–H groups in total. The number of imide groups is 1. The maximum absolute atomic E-state index is 15.1. The molecule has 4 amide bonds. The second-order valence-electron chi connectivity index (χ2n) is 10.2. The molecule has 2 aromatic heterocycles. The fourth-order valence-corrected chi connectivity index (χ4v) is 4.49. The number of benzene rings is 2. The number of alkyl halides is 2. The molecule has 0 spiro atoms. The van der Waals surface area contributed by atoms with Gasteiger partial charge in [-0.2, -0.15) is 0 Å². The molecule has 14 heteroatoms. The first-order valence-electron chi connectivity index (χ1n) is 13.7. The van der Waals surface area contributed by atoms with E-state index < -0.39 is 41.8 Å². The summed E-state index contributed by atoms with van der Waals surface area (Å²) in [6, 6.07) is 12.9. The second kappa shape index (κ2) is 13.0. The minimum Gasteiger partial charge on any atom is -0.454 e. The van der Waals surface area contributed by atoms with Crippen LogP contribution in [0.15, 0.2) is 79.1 Å². The van der Waals surface area contributed by atoms with Gasteiger partial charge in [-0.3, -0.25) is 9.59 Å². The highest BCUT2D eigenvalue weighted by molar-refractivity contribution is 6.23. The molecule has 4 aromatic rings. The lowest BCUT2D eigenvalue weighted by molar-refractivity contribution is -0.132. The molecule has 0 saturated carbocycles. The van der Waals surface area contributed by atoms with Gasteiger partial charge in [-0.05, 0) is 68.4 Å². The quantitative estimate of drug-likeness (QED) is 0.158. The Morgan fingerprint density at radius 1 is 0.956 bits per heavy atom. The summed E-state index contributed by atoms with van der Waals surface area (Å²) in [6.07, 6.45) is -0.224. The number of rotatable bonds is 9. The van der Waals surface area contributed by atoms with Crippen molar-refractivity contribution in [3.8, 4) is 11.5 Å². The molecule has 3 heterocycles. The Balaban J connectivity index is 1.27. The maximum Gasteiger partial charge on any atom is 0.331 e. The van der Waals surface area contributed by atoms with Gasteiger partial charge in [0.2, 0.25) is 11.8 Å². The van der Waals surface area contributed by atoms with E-state index in [1.165, 1.54) is 59.6 Å². The monoisotopic (exact) mass is 622 g/mol. The van der Waals surface area contributed by atoms with Crippen molar-refractivity contribution in [3.05, 3.63) is 96.3 Å². The molecule has 1 aliphatic rings. The molecule has 1 saturated heterocycles. The van der Waals surface area contributed by atoms with Gasteiger partial charge in [0.05, 0.1) is 5.69 Å². The number of carbonyl (C=O) groups is 3.